The summed E-state index contributed by atoms with van der Waals surface area (Å²) in [6.45, 7) is 2.24. The average molecular weight is 322 g/mol. The highest BCUT2D eigenvalue weighted by Crippen LogP contribution is 2.48. The first-order chi connectivity index (χ1) is 11.8. The maximum absolute atomic E-state index is 5.55. The van der Waals surface area contributed by atoms with E-state index in [2.05, 4.69) is 36.5 Å². The molecule has 1 fully saturated rings. The van der Waals surface area contributed by atoms with E-state index >= 15 is 0 Å². The highest BCUT2D eigenvalue weighted by atomic mass is 16.3. The minimum atomic E-state index is 0.349. The molecule has 0 aromatic carbocycles. The number of hydrogen-bond donors (Lipinski definition) is 1. The van der Waals surface area contributed by atoms with Crippen LogP contribution >= 0.6 is 0 Å². The van der Waals surface area contributed by atoms with Crippen molar-refractivity contribution in [2.24, 2.45) is 5.92 Å². The van der Waals surface area contributed by atoms with Gasteiger partial charge in [0.25, 0.3) is 0 Å². The van der Waals surface area contributed by atoms with Gasteiger partial charge in [0.15, 0.2) is 17.2 Å². The van der Waals surface area contributed by atoms with Crippen LogP contribution in [0.15, 0.2) is 35.3 Å². The van der Waals surface area contributed by atoms with Gasteiger partial charge in [-0.05, 0) is 24.8 Å². The van der Waals surface area contributed by atoms with Crippen molar-refractivity contribution in [1.29, 1.82) is 0 Å². The van der Waals surface area contributed by atoms with E-state index in [9.17, 15) is 0 Å². The number of hydrogen-bond acceptors (Lipinski definition) is 5. The lowest BCUT2D eigenvalue weighted by Gasteiger charge is -2.16. The molecule has 1 saturated carbocycles. The number of nitrogens with one attached hydrogen (secondary N) is 1. The Hall–Kier alpha value is -2.70. The second-order valence-corrected chi connectivity index (χ2v) is 6.54. The summed E-state index contributed by atoms with van der Waals surface area (Å²) in [6, 6.07) is 2.03. The molecule has 0 amide bonds. The molecule has 122 valence electrons. The minimum Gasteiger partial charge on any atom is -0.449 e. The van der Waals surface area contributed by atoms with Crippen molar-refractivity contribution < 1.29 is 4.42 Å². The van der Waals surface area contributed by atoms with Gasteiger partial charge in [0.1, 0.15) is 12.1 Å². The summed E-state index contributed by atoms with van der Waals surface area (Å²) >= 11 is 0. The Kier molecular flexibility index (Phi) is 2.95. The van der Waals surface area contributed by atoms with Gasteiger partial charge in [-0.3, -0.25) is 4.40 Å². The van der Waals surface area contributed by atoms with Crippen molar-refractivity contribution in [3.8, 4) is 0 Å². The Labute approximate surface area is 138 Å². The van der Waals surface area contributed by atoms with Gasteiger partial charge in [-0.2, -0.15) is 0 Å². The SMILES string of the molecule is CC[C@@H]1C[C@H](c2ncco2)C[C@@H]1c1nnc2cnc3[nH]ccc3n12. The van der Waals surface area contributed by atoms with Crippen LogP contribution in [-0.4, -0.2) is 29.5 Å². The highest BCUT2D eigenvalue weighted by molar-refractivity contribution is 5.74. The molecular weight excluding hydrogens is 304 g/mol. The number of aromatic amines is 1. The van der Waals surface area contributed by atoms with Crippen molar-refractivity contribution in [1.82, 2.24) is 29.5 Å². The number of oxazole rings is 1. The van der Waals surface area contributed by atoms with Crippen molar-refractivity contribution in [3.63, 3.8) is 0 Å². The smallest absolute Gasteiger partial charge is 0.197 e. The summed E-state index contributed by atoms with van der Waals surface area (Å²) < 4.78 is 7.70. The van der Waals surface area contributed by atoms with Gasteiger partial charge in [-0.1, -0.05) is 13.3 Å². The van der Waals surface area contributed by atoms with Crippen LogP contribution in [0.3, 0.4) is 0 Å². The molecule has 7 heteroatoms. The molecule has 7 nitrogen and oxygen atoms in total. The van der Waals surface area contributed by atoms with Gasteiger partial charge in [0, 0.05) is 18.0 Å². The zero-order valence-corrected chi connectivity index (χ0v) is 13.4. The Balaban J connectivity index is 1.62. The molecule has 5 rings (SSSR count). The number of H-pyrrole nitrogens is 1. The molecule has 4 heterocycles. The Morgan fingerprint density at radius 1 is 1.29 bits per heavy atom. The van der Waals surface area contributed by atoms with Gasteiger partial charge in [-0.15, -0.1) is 10.2 Å². The molecule has 0 spiro atoms. The third-order valence-electron chi connectivity index (χ3n) is 5.32. The largest absolute Gasteiger partial charge is 0.449 e. The molecule has 0 radical (unpaired) electrons. The lowest BCUT2D eigenvalue weighted by Crippen LogP contribution is -2.09. The molecular formula is C17H18N6O. The minimum absolute atomic E-state index is 0.349. The van der Waals surface area contributed by atoms with Crippen LogP contribution in [0, 0.1) is 5.92 Å². The first kappa shape index (κ1) is 13.7. The Morgan fingerprint density at radius 2 is 2.25 bits per heavy atom. The van der Waals surface area contributed by atoms with Gasteiger partial charge < -0.3 is 9.40 Å². The average Bonchev–Trinajstić information content (AvgIpc) is 3.38. The van der Waals surface area contributed by atoms with Crippen molar-refractivity contribution in [2.75, 3.05) is 0 Å². The van der Waals surface area contributed by atoms with E-state index in [1.165, 1.54) is 0 Å². The Bertz CT molecular complexity index is 985. The molecule has 0 unspecified atom stereocenters. The monoisotopic (exact) mass is 322 g/mol. The fraction of sp³-hybridized carbons (Fsp3) is 0.412. The first-order valence-electron chi connectivity index (χ1n) is 8.41. The lowest BCUT2D eigenvalue weighted by molar-refractivity contribution is 0.430. The van der Waals surface area contributed by atoms with Gasteiger partial charge in [-0.25, -0.2) is 9.97 Å². The molecule has 0 saturated heterocycles. The number of rotatable bonds is 3. The zero-order valence-electron chi connectivity index (χ0n) is 13.4. The van der Waals surface area contributed by atoms with Crippen molar-refractivity contribution in [2.45, 2.75) is 38.0 Å². The van der Waals surface area contributed by atoms with E-state index in [0.29, 0.717) is 17.8 Å². The zero-order chi connectivity index (χ0) is 16.1. The van der Waals surface area contributed by atoms with Crippen LogP contribution < -0.4 is 0 Å². The molecule has 1 N–H and O–H groups in total. The topological polar surface area (TPSA) is 84.9 Å². The van der Waals surface area contributed by atoms with E-state index in [4.69, 9.17) is 4.42 Å². The highest BCUT2D eigenvalue weighted by Gasteiger charge is 2.39. The summed E-state index contributed by atoms with van der Waals surface area (Å²) in [5.41, 5.74) is 2.69. The number of aromatic nitrogens is 6. The molecule has 1 aliphatic carbocycles. The molecule has 0 bridgehead atoms. The lowest BCUT2D eigenvalue weighted by atomic mass is 9.93. The predicted molar refractivity (Wildman–Crippen MR) is 87.6 cm³/mol. The van der Waals surface area contributed by atoms with Crippen molar-refractivity contribution >= 4 is 16.8 Å². The molecule has 0 aliphatic heterocycles. The Morgan fingerprint density at radius 3 is 3.08 bits per heavy atom. The van der Waals surface area contributed by atoms with E-state index < -0.39 is 0 Å². The fourth-order valence-corrected chi connectivity index (χ4v) is 4.17. The quantitative estimate of drug-likeness (QED) is 0.625. The van der Waals surface area contributed by atoms with Crippen LogP contribution in [0.2, 0.25) is 0 Å². The summed E-state index contributed by atoms with van der Waals surface area (Å²) in [6.07, 6.45) is 10.2. The summed E-state index contributed by atoms with van der Waals surface area (Å²) in [4.78, 5) is 11.9. The number of fused-ring (bicyclic) bond motifs is 3. The van der Waals surface area contributed by atoms with E-state index in [1.54, 1.807) is 18.7 Å². The second kappa shape index (κ2) is 5.15. The van der Waals surface area contributed by atoms with Crippen LogP contribution in [0.1, 0.15) is 49.7 Å². The molecule has 4 aromatic rings. The van der Waals surface area contributed by atoms with E-state index in [-0.39, 0.29) is 0 Å². The molecule has 4 aromatic heterocycles. The van der Waals surface area contributed by atoms with Crippen LogP contribution in [0.4, 0.5) is 0 Å². The molecule has 3 atom stereocenters. The maximum atomic E-state index is 5.55. The van der Waals surface area contributed by atoms with Crippen molar-refractivity contribution in [3.05, 3.63) is 42.6 Å². The predicted octanol–water partition coefficient (Wildman–Crippen LogP) is 3.28. The van der Waals surface area contributed by atoms with Crippen LogP contribution in [0.5, 0.6) is 0 Å². The second-order valence-electron chi connectivity index (χ2n) is 6.54. The molecule has 24 heavy (non-hydrogen) atoms. The summed E-state index contributed by atoms with van der Waals surface area (Å²) in [5.74, 6) is 3.13. The van der Waals surface area contributed by atoms with Gasteiger partial charge in [0.2, 0.25) is 0 Å². The fourth-order valence-electron chi connectivity index (χ4n) is 4.17. The third kappa shape index (κ3) is 1.90. The van der Waals surface area contributed by atoms with Gasteiger partial charge in [0.05, 0.1) is 17.9 Å². The molecule has 1 aliphatic rings. The maximum Gasteiger partial charge on any atom is 0.197 e. The summed E-state index contributed by atoms with van der Waals surface area (Å²) in [7, 11) is 0. The number of nitrogens with zero attached hydrogens (tertiary/aromatic N) is 5. The summed E-state index contributed by atoms with van der Waals surface area (Å²) in [5, 5.41) is 8.88. The first-order valence-corrected chi connectivity index (χ1v) is 8.41. The van der Waals surface area contributed by atoms with Crippen LogP contribution in [0.25, 0.3) is 16.8 Å². The third-order valence-corrected chi connectivity index (χ3v) is 5.32. The van der Waals surface area contributed by atoms with E-state index in [1.807, 2.05) is 12.3 Å². The normalized spacial score (nSPS) is 24.3. The standard InChI is InChI=1S/C17H18N6O/c1-2-10-7-11(17-19-5-6-24-17)8-12(10)16-22-21-14-9-20-15-13(23(14)16)3-4-18-15/h3-6,9-12,18H,2,7-8H2,1H3/t10-,11+,12+/m1/s1. The van der Waals surface area contributed by atoms with E-state index in [0.717, 1.165) is 47.8 Å². The van der Waals surface area contributed by atoms with Crippen LogP contribution in [-0.2, 0) is 0 Å². The van der Waals surface area contributed by atoms with Gasteiger partial charge >= 0.3 is 0 Å².